The smallest absolute Gasteiger partial charge is 0.337 e. The Morgan fingerprint density at radius 3 is 2.60 bits per heavy atom. The minimum absolute atomic E-state index is 0.188. The van der Waals surface area contributed by atoms with E-state index in [1.54, 1.807) is 0 Å². The van der Waals surface area contributed by atoms with Crippen LogP contribution in [-0.2, 0) is 14.8 Å². The molecule has 2 rings (SSSR count). The first-order chi connectivity index (χ1) is 9.40. The third kappa shape index (κ3) is 3.25. The van der Waals surface area contributed by atoms with Gasteiger partial charge >= 0.3 is 5.97 Å². The van der Waals surface area contributed by atoms with Crippen LogP contribution in [0.1, 0.15) is 10.4 Å². The maximum Gasteiger partial charge on any atom is 0.337 e. The molecule has 20 heavy (non-hydrogen) atoms. The largest absolute Gasteiger partial charge is 0.478 e. The zero-order valence-electron chi connectivity index (χ0n) is 10.6. The molecule has 1 aromatic rings. The molecule has 4 N–H and O–H groups in total. The van der Waals surface area contributed by atoms with Gasteiger partial charge in [-0.05, 0) is 18.2 Å². The highest BCUT2D eigenvalue weighted by atomic mass is 32.2. The van der Waals surface area contributed by atoms with Crippen molar-refractivity contribution >= 4 is 21.7 Å². The summed E-state index contributed by atoms with van der Waals surface area (Å²) in [6, 6.07) is 3.65. The van der Waals surface area contributed by atoms with Crippen LogP contribution in [0.15, 0.2) is 23.1 Å². The molecule has 8 nitrogen and oxygen atoms in total. The van der Waals surface area contributed by atoms with Crippen molar-refractivity contribution in [3.8, 4) is 0 Å². The van der Waals surface area contributed by atoms with Crippen LogP contribution < -0.4 is 10.6 Å². The van der Waals surface area contributed by atoms with Crippen LogP contribution >= 0.6 is 0 Å². The maximum atomic E-state index is 12.2. The fraction of sp³-hybridized carbons (Fsp3) is 0.364. The van der Waals surface area contributed by atoms with Crippen molar-refractivity contribution in [1.29, 1.82) is 0 Å². The van der Waals surface area contributed by atoms with Crippen molar-refractivity contribution in [3.05, 3.63) is 23.8 Å². The Bertz CT molecular complexity index is 610. The van der Waals surface area contributed by atoms with E-state index in [-0.39, 0.29) is 16.1 Å². The molecule has 1 saturated heterocycles. The highest BCUT2D eigenvalue weighted by Crippen LogP contribution is 2.19. The number of sulfonamides is 1. The molecule has 1 heterocycles. The Labute approximate surface area is 116 Å². The third-order valence-electron chi connectivity index (χ3n) is 2.78. The fourth-order valence-electron chi connectivity index (χ4n) is 1.82. The number of nitrogens with zero attached hydrogens (tertiary/aromatic N) is 1. The second kappa shape index (κ2) is 5.75. The lowest BCUT2D eigenvalue weighted by molar-refractivity contribution is 0.0272. The van der Waals surface area contributed by atoms with Gasteiger partial charge in [0.25, 0.3) is 10.0 Å². The Kier molecular flexibility index (Phi) is 4.23. The number of ether oxygens (including phenoxy) is 1. The number of hydrogen-bond donors (Lipinski definition) is 3. The van der Waals surface area contributed by atoms with E-state index in [1.165, 1.54) is 17.1 Å². The summed E-state index contributed by atoms with van der Waals surface area (Å²) in [5.74, 6) is -1.35. The van der Waals surface area contributed by atoms with Gasteiger partial charge in [-0.2, -0.15) is 0 Å². The highest BCUT2D eigenvalue weighted by molar-refractivity contribution is 7.89. The van der Waals surface area contributed by atoms with E-state index in [1.807, 2.05) is 0 Å². The van der Waals surface area contributed by atoms with Gasteiger partial charge in [-0.25, -0.2) is 18.2 Å². The van der Waals surface area contributed by atoms with E-state index >= 15 is 0 Å². The Morgan fingerprint density at radius 1 is 1.35 bits per heavy atom. The number of nitrogen functional groups attached to an aromatic ring is 1. The normalized spacial score (nSPS) is 17.0. The fourth-order valence-corrected chi connectivity index (χ4v) is 3.13. The summed E-state index contributed by atoms with van der Waals surface area (Å²) < 4.78 is 29.6. The van der Waals surface area contributed by atoms with Crippen molar-refractivity contribution in [2.24, 2.45) is 0 Å². The lowest BCUT2D eigenvalue weighted by Gasteiger charge is -2.26. The van der Waals surface area contributed by atoms with Crippen molar-refractivity contribution in [1.82, 2.24) is 9.84 Å². The van der Waals surface area contributed by atoms with Gasteiger partial charge in [-0.1, -0.05) is 0 Å². The monoisotopic (exact) mass is 301 g/mol. The Balaban J connectivity index is 2.31. The van der Waals surface area contributed by atoms with Crippen molar-refractivity contribution in [2.45, 2.75) is 4.90 Å². The number of nitrogens with two attached hydrogens (primary N) is 1. The SMILES string of the molecule is Nc1ccc(S(=O)(=O)NN2CCOCC2)c(C(=O)O)c1. The molecular formula is C11H15N3O5S. The minimum atomic E-state index is -3.97. The van der Waals surface area contributed by atoms with Crippen molar-refractivity contribution in [3.63, 3.8) is 0 Å². The lowest BCUT2D eigenvalue weighted by atomic mass is 10.2. The average molecular weight is 301 g/mol. The molecule has 1 aliphatic heterocycles. The van der Waals surface area contributed by atoms with Gasteiger partial charge in [-0.15, -0.1) is 4.83 Å². The van der Waals surface area contributed by atoms with Gasteiger partial charge in [0.1, 0.15) is 0 Å². The molecule has 1 fully saturated rings. The molecule has 0 bridgehead atoms. The molecule has 0 atom stereocenters. The molecule has 0 radical (unpaired) electrons. The van der Waals surface area contributed by atoms with Gasteiger partial charge in [0, 0.05) is 18.8 Å². The topological polar surface area (TPSA) is 122 Å². The number of hydrogen-bond acceptors (Lipinski definition) is 6. The number of hydrazine groups is 1. The van der Waals surface area contributed by atoms with E-state index in [0.717, 1.165) is 6.07 Å². The van der Waals surface area contributed by atoms with Gasteiger partial charge in [0.2, 0.25) is 0 Å². The standard InChI is InChI=1S/C11H15N3O5S/c12-8-1-2-10(9(7-8)11(15)16)20(17,18)13-14-3-5-19-6-4-14/h1-2,7,13H,3-6,12H2,(H,15,16). The number of carbonyl (C=O) groups is 1. The number of morpholine rings is 1. The van der Waals surface area contributed by atoms with E-state index in [0.29, 0.717) is 26.3 Å². The summed E-state index contributed by atoms with van der Waals surface area (Å²) in [7, 11) is -3.97. The van der Waals surface area contributed by atoms with E-state index in [2.05, 4.69) is 4.83 Å². The van der Waals surface area contributed by atoms with Gasteiger partial charge in [-0.3, -0.25) is 0 Å². The maximum absolute atomic E-state index is 12.2. The van der Waals surface area contributed by atoms with Crippen LogP contribution in [0.3, 0.4) is 0 Å². The number of rotatable bonds is 4. The summed E-state index contributed by atoms with van der Waals surface area (Å²) in [6.45, 7) is 1.62. The molecule has 0 aliphatic carbocycles. The molecule has 0 saturated carbocycles. The predicted octanol–water partition coefficient (Wildman–Crippen LogP) is -0.507. The summed E-state index contributed by atoms with van der Waals surface area (Å²) in [5.41, 5.74) is 5.32. The number of nitrogens with one attached hydrogen (secondary N) is 1. The summed E-state index contributed by atoms with van der Waals surface area (Å²) in [4.78, 5) is 13.2. The van der Waals surface area contributed by atoms with Crippen LogP contribution in [-0.4, -0.2) is 50.8 Å². The lowest BCUT2D eigenvalue weighted by Crippen LogP contribution is -2.48. The van der Waals surface area contributed by atoms with Crippen LogP contribution in [0.5, 0.6) is 0 Å². The van der Waals surface area contributed by atoms with E-state index < -0.39 is 16.0 Å². The molecule has 1 aromatic carbocycles. The van der Waals surface area contributed by atoms with Gasteiger partial charge < -0.3 is 15.6 Å². The molecule has 1 aliphatic rings. The van der Waals surface area contributed by atoms with Gasteiger partial charge in [0.15, 0.2) is 0 Å². The molecule has 9 heteroatoms. The summed E-state index contributed by atoms with van der Waals surface area (Å²) in [6.07, 6.45) is 0. The minimum Gasteiger partial charge on any atom is -0.478 e. The van der Waals surface area contributed by atoms with E-state index in [9.17, 15) is 13.2 Å². The second-order valence-corrected chi connectivity index (χ2v) is 5.88. The first kappa shape index (κ1) is 14.7. The van der Waals surface area contributed by atoms with Crippen LogP contribution in [0.4, 0.5) is 5.69 Å². The molecule has 0 spiro atoms. The highest BCUT2D eigenvalue weighted by Gasteiger charge is 2.25. The zero-order chi connectivity index (χ0) is 14.8. The Morgan fingerprint density at radius 2 is 2.00 bits per heavy atom. The van der Waals surface area contributed by atoms with Crippen LogP contribution in [0.2, 0.25) is 0 Å². The predicted molar refractivity (Wildman–Crippen MR) is 70.5 cm³/mol. The number of aromatic carboxylic acids is 1. The van der Waals surface area contributed by atoms with Crippen molar-refractivity contribution < 1.29 is 23.1 Å². The summed E-state index contributed by atoms with van der Waals surface area (Å²) in [5, 5.41) is 10.6. The third-order valence-corrected chi connectivity index (χ3v) is 4.22. The number of anilines is 1. The summed E-state index contributed by atoms with van der Waals surface area (Å²) >= 11 is 0. The molecule has 0 unspecified atom stereocenters. The Hall–Kier alpha value is -1.68. The van der Waals surface area contributed by atoms with Gasteiger partial charge in [0.05, 0.1) is 23.7 Å². The first-order valence-electron chi connectivity index (χ1n) is 5.88. The average Bonchev–Trinajstić information content (AvgIpc) is 2.38. The second-order valence-electron chi connectivity index (χ2n) is 4.25. The molecule has 110 valence electrons. The van der Waals surface area contributed by atoms with Crippen molar-refractivity contribution in [2.75, 3.05) is 32.0 Å². The number of carboxylic acid groups (broad SMARTS) is 1. The molecular weight excluding hydrogens is 286 g/mol. The van der Waals surface area contributed by atoms with Crippen LogP contribution in [0.25, 0.3) is 0 Å². The van der Waals surface area contributed by atoms with E-state index in [4.69, 9.17) is 15.6 Å². The molecule has 0 aromatic heterocycles. The molecule has 0 amide bonds. The van der Waals surface area contributed by atoms with Crippen LogP contribution in [0, 0.1) is 0 Å². The first-order valence-corrected chi connectivity index (χ1v) is 7.36. The number of carboxylic acids is 1. The quantitative estimate of drug-likeness (QED) is 0.640. The number of benzene rings is 1. The zero-order valence-corrected chi connectivity index (χ0v) is 11.4.